The van der Waals surface area contributed by atoms with E-state index in [1.165, 1.54) is 0 Å². The molecule has 82 valence electrons. The zero-order valence-corrected chi connectivity index (χ0v) is 8.39. The van der Waals surface area contributed by atoms with Crippen LogP contribution in [-0.4, -0.2) is 35.5 Å². The standard InChI is InChI=1S/C8H13FN2O2.ClH/c9-7-5-2-1-4(10-5)3-6(7)11-8(12)13;/h4-7,10-11H,1-3H2,(H,12,13);1H/t4-,5+,6+,7+;/m1./s1. The summed E-state index contributed by atoms with van der Waals surface area (Å²) in [4.78, 5) is 10.3. The molecule has 2 rings (SSSR count). The zero-order valence-electron chi connectivity index (χ0n) is 7.57. The van der Waals surface area contributed by atoms with Crippen LogP contribution >= 0.6 is 12.4 Å². The van der Waals surface area contributed by atoms with Gasteiger partial charge in [0.05, 0.1) is 6.04 Å². The number of hydrogen-bond donors (Lipinski definition) is 3. The van der Waals surface area contributed by atoms with Gasteiger partial charge in [0.1, 0.15) is 6.17 Å². The lowest BCUT2D eigenvalue weighted by Gasteiger charge is -2.32. The Morgan fingerprint density at radius 3 is 2.86 bits per heavy atom. The smallest absolute Gasteiger partial charge is 0.404 e. The first-order chi connectivity index (χ1) is 6.16. The monoisotopic (exact) mass is 224 g/mol. The Kier molecular flexibility index (Phi) is 3.55. The maximum atomic E-state index is 13.5. The molecule has 2 aliphatic heterocycles. The Bertz CT molecular complexity index is 229. The normalized spacial score (nSPS) is 40.1. The highest BCUT2D eigenvalue weighted by atomic mass is 35.5. The molecular formula is C8H14ClFN2O2. The molecule has 0 unspecified atom stereocenters. The number of alkyl halides is 1. The molecule has 0 aromatic rings. The zero-order chi connectivity index (χ0) is 9.42. The summed E-state index contributed by atoms with van der Waals surface area (Å²) in [7, 11) is 0. The van der Waals surface area contributed by atoms with Crippen molar-refractivity contribution in [1.82, 2.24) is 10.6 Å². The van der Waals surface area contributed by atoms with Crippen LogP contribution in [0.3, 0.4) is 0 Å². The van der Waals surface area contributed by atoms with Gasteiger partial charge in [-0.25, -0.2) is 9.18 Å². The van der Waals surface area contributed by atoms with Crippen LogP contribution < -0.4 is 10.6 Å². The van der Waals surface area contributed by atoms with E-state index in [-0.39, 0.29) is 18.4 Å². The molecule has 3 N–H and O–H groups in total. The molecule has 1 amide bonds. The van der Waals surface area contributed by atoms with Crippen molar-refractivity contribution in [2.75, 3.05) is 0 Å². The Morgan fingerprint density at radius 2 is 2.21 bits per heavy atom. The molecule has 0 spiro atoms. The van der Waals surface area contributed by atoms with Gasteiger partial charge in [-0.3, -0.25) is 0 Å². The van der Waals surface area contributed by atoms with Crippen molar-refractivity contribution in [2.45, 2.75) is 43.6 Å². The summed E-state index contributed by atoms with van der Waals surface area (Å²) in [5.41, 5.74) is 0. The average Bonchev–Trinajstić information content (AvgIpc) is 2.44. The first kappa shape index (κ1) is 11.5. The SMILES string of the molecule is Cl.O=C(O)N[C@H]1C[C@H]2CC[C@H](N2)[C@@H]1F. The maximum Gasteiger partial charge on any atom is 0.404 e. The number of fused-ring (bicyclic) bond motifs is 2. The van der Waals surface area contributed by atoms with Gasteiger partial charge < -0.3 is 15.7 Å². The predicted molar refractivity (Wildman–Crippen MR) is 51.7 cm³/mol. The van der Waals surface area contributed by atoms with Crippen molar-refractivity contribution in [3.8, 4) is 0 Å². The van der Waals surface area contributed by atoms with Crippen LogP contribution in [0.25, 0.3) is 0 Å². The van der Waals surface area contributed by atoms with Gasteiger partial charge in [-0.05, 0) is 19.3 Å². The predicted octanol–water partition coefficient (Wildman–Crippen LogP) is 0.907. The lowest BCUT2D eigenvalue weighted by Crippen LogP contribution is -2.55. The van der Waals surface area contributed by atoms with E-state index in [1.807, 2.05) is 0 Å². The highest BCUT2D eigenvalue weighted by Crippen LogP contribution is 2.29. The number of halogens is 2. The van der Waals surface area contributed by atoms with Crippen molar-refractivity contribution in [2.24, 2.45) is 0 Å². The Labute approximate surface area is 87.7 Å². The summed E-state index contributed by atoms with van der Waals surface area (Å²) in [5, 5.41) is 13.8. The summed E-state index contributed by atoms with van der Waals surface area (Å²) >= 11 is 0. The second kappa shape index (κ2) is 4.31. The molecule has 0 saturated carbocycles. The molecule has 2 fully saturated rings. The summed E-state index contributed by atoms with van der Waals surface area (Å²) in [6.45, 7) is 0. The molecule has 2 aliphatic rings. The van der Waals surface area contributed by atoms with Gasteiger partial charge in [0.15, 0.2) is 0 Å². The van der Waals surface area contributed by atoms with Gasteiger partial charge in [-0.2, -0.15) is 0 Å². The molecule has 0 aliphatic carbocycles. The molecule has 6 heteroatoms. The summed E-state index contributed by atoms with van der Waals surface area (Å²) < 4.78 is 13.5. The Hall–Kier alpha value is -0.550. The number of nitrogens with one attached hydrogen (secondary N) is 2. The lowest BCUT2D eigenvalue weighted by atomic mass is 9.98. The van der Waals surface area contributed by atoms with Crippen molar-refractivity contribution < 1.29 is 14.3 Å². The van der Waals surface area contributed by atoms with Crippen molar-refractivity contribution in [3.63, 3.8) is 0 Å². The van der Waals surface area contributed by atoms with Gasteiger partial charge in [0.2, 0.25) is 0 Å². The van der Waals surface area contributed by atoms with E-state index in [4.69, 9.17) is 5.11 Å². The van der Waals surface area contributed by atoms with Gasteiger partial charge in [0, 0.05) is 12.1 Å². The largest absolute Gasteiger partial charge is 0.465 e. The van der Waals surface area contributed by atoms with Crippen LogP contribution in [0.5, 0.6) is 0 Å². The van der Waals surface area contributed by atoms with Crippen molar-refractivity contribution in [3.05, 3.63) is 0 Å². The van der Waals surface area contributed by atoms with E-state index in [9.17, 15) is 9.18 Å². The fourth-order valence-electron chi connectivity index (χ4n) is 2.30. The number of carbonyl (C=O) groups is 1. The number of hydrogen-bond acceptors (Lipinski definition) is 2. The Balaban J connectivity index is 0.000000980. The molecule has 4 atom stereocenters. The number of carboxylic acid groups (broad SMARTS) is 1. The maximum absolute atomic E-state index is 13.5. The number of rotatable bonds is 1. The average molecular weight is 225 g/mol. The molecule has 2 heterocycles. The van der Waals surface area contributed by atoms with Crippen LogP contribution in [0.1, 0.15) is 19.3 Å². The molecule has 0 radical (unpaired) electrons. The minimum Gasteiger partial charge on any atom is -0.465 e. The third-order valence-electron chi connectivity index (χ3n) is 2.89. The highest BCUT2D eigenvalue weighted by molar-refractivity contribution is 5.85. The fourth-order valence-corrected chi connectivity index (χ4v) is 2.30. The molecule has 2 bridgehead atoms. The molecule has 0 aromatic heterocycles. The van der Waals surface area contributed by atoms with E-state index in [2.05, 4.69) is 10.6 Å². The van der Waals surface area contributed by atoms with E-state index in [0.717, 1.165) is 12.8 Å². The molecule has 2 saturated heterocycles. The van der Waals surface area contributed by atoms with Gasteiger partial charge in [0.25, 0.3) is 0 Å². The van der Waals surface area contributed by atoms with E-state index in [0.29, 0.717) is 12.5 Å². The summed E-state index contributed by atoms with van der Waals surface area (Å²) in [6, 6.07) is -0.360. The van der Waals surface area contributed by atoms with Crippen LogP contribution in [0.2, 0.25) is 0 Å². The van der Waals surface area contributed by atoms with Gasteiger partial charge >= 0.3 is 6.09 Å². The minimum atomic E-state index is -1.13. The fraction of sp³-hybridized carbons (Fsp3) is 0.875. The number of amides is 1. The van der Waals surface area contributed by atoms with Crippen LogP contribution in [0, 0.1) is 0 Å². The van der Waals surface area contributed by atoms with Gasteiger partial charge in [-0.1, -0.05) is 0 Å². The molecular weight excluding hydrogens is 211 g/mol. The molecule has 0 aromatic carbocycles. The molecule has 4 nitrogen and oxygen atoms in total. The number of piperidine rings is 1. The lowest BCUT2D eigenvalue weighted by molar-refractivity contribution is 0.140. The van der Waals surface area contributed by atoms with E-state index >= 15 is 0 Å². The van der Waals surface area contributed by atoms with Crippen LogP contribution in [0.15, 0.2) is 0 Å². The summed E-state index contributed by atoms with van der Waals surface area (Å²) in [5.74, 6) is 0. The van der Waals surface area contributed by atoms with E-state index in [1.54, 1.807) is 0 Å². The van der Waals surface area contributed by atoms with Crippen molar-refractivity contribution >= 4 is 18.5 Å². The van der Waals surface area contributed by atoms with Crippen molar-refractivity contribution in [1.29, 1.82) is 0 Å². The quantitative estimate of drug-likeness (QED) is 0.621. The minimum absolute atomic E-state index is 0. The second-order valence-electron chi connectivity index (χ2n) is 3.78. The first-order valence-corrected chi connectivity index (χ1v) is 4.56. The van der Waals surface area contributed by atoms with Gasteiger partial charge in [-0.15, -0.1) is 12.4 Å². The Morgan fingerprint density at radius 1 is 1.50 bits per heavy atom. The third kappa shape index (κ3) is 2.09. The van der Waals surface area contributed by atoms with E-state index < -0.39 is 18.3 Å². The second-order valence-corrected chi connectivity index (χ2v) is 3.78. The summed E-state index contributed by atoms with van der Waals surface area (Å²) in [6.07, 6.45) is 0.153. The highest BCUT2D eigenvalue weighted by Gasteiger charge is 2.42. The van der Waals surface area contributed by atoms with Crippen LogP contribution in [0.4, 0.5) is 9.18 Å². The van der Waals surface area contributed by atoms with Crippen LogP contribution in [-0.2, 0) is 0 Å². The first-order valence-electron chi connectivity index (χ1n) is 4.56. The topological polar surface area (TPSA) is 61.4 Å². The third-order valence-corrected chi connectivity index (χ3v) is 2.89. The molecule has 14 heavy (non-hydrogen) atoms.